The highest BCUT2D eigenvalue weighted by Gasteiger charge is 2.23. The zero-order chi connectivity index (χ0) is 12.4. The summed E-state index contributed by atoms with van der Waals surface area (Å²) < 4.78 is 5.71. The Morgan fingerprint density at radius 2 is 2.22 bits per heavy atom. The first-order valence-electron chi connectivity index (χ1n) is 6.87. The van der Waals surface area contributed by atoms with Crippen LogP contribution in [0.2, 0.25) is 0 Å². The van der Waals surface area contributed by atoms with Crippen LogP contribution in [0, 0.1) is 0 Å². The fraction of sp³-hybridized carbons (Fsp3) is 0.833. The number of piperidine rings is 1. The Morgan fingerprint density at radius 3 is 3.00 bits per heavy atom. The van der Waals surface area contributed by atoms with Crippen LogP contribution in [-0.4, -0.2) is 40.9 Å². The molecule has 2 aliphatic heterocycles. The lowest BCUT2D eigenvalue weighted by Crippen LogP contribution is -2.43. The zero-order valence-corrected chi connectivity index (χ0v) is 10.6. The minimum Gasteiger partial charge on any atom is -0.370 e. The lowest BCUT2D eigenvalue weighted by molar-refractivity contribution is 0.00969. The predicted octanol–water partition coefficient (Wildman–Crippen LogP) is 0.974. The number of nitrogens with two attached hydrogens (primary N) is 1. The maximum atomic E-state index is 5.98. The Kier molecular flexibility index (Phi) is 3.47. The molecular weight excluding hydrogens is 230 g/mol. The van der Waals surface area contributed by atoms with Crippen LogP contribution in [0.25, 0.3) is 0 Å². The Morgan fingerprint density at radius 1 is 1.28 bits per heavy atom. The largest absolute Gasteiger partial charge is 0.370 e. The Hall–Kier alpha value is -1.14. The molecule has 18 heavy (non-hydrogen) atoms. The van der Waals surface area contributed by atoms with Crippen molar-refractivity contribution < 1.29 is 4.74 Å². The van der Waals surface area contributed by atoms with Crippen molar-refractivity contribution in [3.63, 3.8) is 0 Å². The fourth-order valence-electron chi connectivity index (χ4n) is 2.70. The summed E-state index contributed by atoms with van der Waals surface area (Å²) in [5.74, 6) is 1.64. The van der Waals surface area contributed by atoms with E-state index in [0.29, 0.717) is 0 Å². The summed E-state index contributed by atoms with van der Waals surface area (Å²) in [5, 5.41) is 7.32. The molecule has 1 aromatic heterocycles. The second-order valence-corrected chi connectivity index (χ2v) is 5.22. The summed E-state index contributed by atoms with van der Waals surface area (Å²) in [5.41, 5.74) is 5.98. The molecule has 0 aromatic carbocycles. The molecule has 2 unspecified atom stereocenters. The van der Waals surface area contributed by atoms with Gasteiger partial charge in [-0.15, -0.1) is 5.10 Å². The highest BCUT2D eigenvalue weighted by atomic mass is 16.5. The van der Waals surface area contributed by atoms with Crippen molar-refractivity contribution in [2.75, 3.05) is 24.6 Å². The van der Waals surface area contributed by atoms with Crippen LogP contribution in [0.15, 0.2) is 0 Å². The van der Waals surface area contributed by atoms with Crippen LogP contribution in [0.3, 0.4) is 0 Å². The molecule has 6 heteroatoms. The lowest BCUT2D eigenvalue weighted by Gasteiger charge is -2.29. The summed E-state index contributed by atoms with van der Waals surface area (Å²) in [6.45, 7) is 2.68. The van der Waals surface area contributed by atoms with E-state index in [0.717, 1.165) is 57.2 Å². The Bertz CT molecular complexity index is 388. The van der Waals surface area contributed by atoms with Gasteiger partial charge in [-0.1, -0.05) is 0 Å². The number of aromatic nitrogens is 3. The third kappa shape index (κ3) is 2.49. The van der Waals surface area contributed by atoms with Crippen molar-refractivity contribution in [3.05, 3.63) is 5.82 Å². The standard InChI is InChI=1S/C12H21N5O/c13-9-4-3-6-17(8-9)12-14-11(15-16-12)10-5-1-2-7-18-10/h9-10H,1-8,13H2,(H,14,15,16). The second-order valence-electron chi connectivity index (χ2n) is 5.22. The lowest BCUT2D eigenvalue weighted by atomic mass is 10.1. The molecule has 100 valence electrons. The Balaban J connectivity index is 1.68. The predicted molar refractivity (Wildman–Crippen MR) is 68.3 cm³/mol. The van der Waals surface area contributed by atoms with Gasteiger partial charge in [-0.25, -0.2) is 0 Å². The highest BCUT2D eigenvalue weighted by Crippen LogP contribution is 2.26. The van der Waals surface area contributed by atoms with E-state index in [1.807, 2.05) is 0 Å². The van der Waals surface area contributed by atoms with Crippen LogP contribution in [0.1, 0.15) is 44.0 Å². The number of rotatable bonds is 2. The van der Waals surface area contributed by atoms with Crippen LogP contribution in [0.4, 0.5) is 5.95 Å². The van der Waals surface area contributed by atoms with Gasteiger partial charge in [0, 0.05) is 25.7 Å². The monoisotopic (exact) mass is 251 g/mol. The first kappa shape index (κ1) is 11.9. The minimum absolute atomic E-state index is 0.0958. The zero-order valence-electron chi connectivity index (χ0n) is 10.6. The van der Waals surface area contributed by atoms with Crippen molar-refractivity contribution in [2.24, 2.45) is 5.73 Å². The molecule has 3 N–H and O–H groups in total. The number of nitrogens with zero attached hydrogens (tertiary/aromatic N) is 3. The smallest absolute Gasteiger partial charge is 0.244 e. The van der Waals surface area contributed by atoms with Gasteiger partial charge in [0.2, 0.25) is 5.95 Å². The van der Waals surface area contributed by atoms with E-state index in [4.69, 9.17) is 10.5 Å². The van der Waals surface area contributed by atoms with E-state index in [1.54, 1.807) is 0 Å². The average Bonchev–Trinajstić information content (AvgIpc) is 2.89. The van der Waals surface area contributed by atoms with Gasteiger partial charge in [-0.3, -0.25) is 5.10 Å². The molecule has 2 aliphatic rings. The quantitative estimate of drug-likeness (QED) is 0.819. The van der Waals surface area contributed by atoms with Crippen molar-refractivity contribution in [3.8, 4) is 0 Å². The number of nitrogens with one attached hydrogen (secondary N) is 1. The van der Waals surface area contributed by atoms with Gasteiger partial charge in [0.25, 0.3) is 0 Å². The topological polar surface area (TPSA) is 80.1 Å². The Labute approximate surface area is 107 Å². The average molecular weight is 251 g/mol. The van der Waals surface area contributed by atoms with Gasteiger partial charge < -0.3 is 15.4 Å². The summed E-state index contributed by atoms with van der Waals surface area (Å²) in [7, 11) is 0. The molecule has 0 bridgehead atoms. The second kappa shape index (κ2) is 5.24. The van der Waals surface area contributed by atoms with Crippen LogP contribution < -0.4 is 10.6 Å². The SMILES string of the molecule is NC1CCCN(c2n[nH]c(C3CCCCO3)n2)C1. The normalized spacial score (nSPS) is 29.5. The first-order valence-corrected chi connectivity index (χ1v) is 6.87. The third-order valence-corrected chi connectivity index (χ3v) is 3.72. The molecule has 3 rings (SSSR count). The molecule has 2 fully saturated rings. The summed E-state index contributed by atoms with van der Waals surface area (Å²) >= 11 is 0. The highest BCUT2D eigenvalue weighted by molar-refractivity contribution is 5.30. The van der Waals surface area contributed by atoms with E-state index in [2.05, 4.69) is 20.1 Å². The van der Waals surface area contributed by atoms with Gasteiger partial charge >= 0.3 is 0 Å². The number of hydrogen-bond acceptors (Lipinski definition) is 5. The van der Waals surface area contributed by atoms with E-state index in [9.17, 15) is 0 Å². The van der Waals surface area contributed by atoms with Crippen molar-refractivity contribution in [1.82, 2.24) is 15.2 Å². The molecule has 0 amide bonds. The molecule has 3 heterocycles. The van der Waals surface area contributed by atoms with Gasteiger partial charge in [-0.05, 0) is 32.1 Å². The van der Waals surface area contributed by atoms with Gasteiger partial charge in [-0.2, -0.15) is 4.98 Å². The van der Waals surface area contributed by atoms with Crippen LogP contribution in [0.5, 0.6) is 0 Å². The number of anilines is 1. The molecule has 6 nitrogen and oxygen atoms in total. The molecule has 0 aliphatic carbocycles. The summed E-state index contributed by atoms with van der Waals surface area (Å²) in [6, 6.07) is 0.242. The van der Waals surface area contributed by atoms with Gasteiger partial charge in [0.05, 0.1) is 0 Å². The van der Waals surface area contributed by atoms with Crippen molar-refractivity contribution in [2.45, 2.75) is 44.2 Å². The van der Waals surface area contributed by atoms with E-state index in [-0.39, 0.29) is 12.1 Å². The fourth-order valence-corrected chi connectivity index (χ4v) is 2.70. The number of H-pyrrole nitrogens is 1. The molecular formula is C12H21N5O. The van der Waals surface area contributed by atoms with Gasteiger partial charge in [0.1, 0.15) is 6.10 Å². The summed E-state index contributed by atoms with van der Waals surface area (Å²) in [4.78, 5) is 6.73. The molecule has 0 spiro atoms. The van der Waals surface area contributed by atoms with E-state index < -0.39 is 0 Å². The van der Waals surface area contributed by atoms with E-state index >= 15 is 0 Å². The molecule has 1 aromatic rings. The first-order chi connectivity index (χ1) is 8.83. The van der Waals surface area contributed by atoms with Crippen LogP contribution in [-0.2, 0) is 4.74 Å². The molecule has 2 atom stereocenters. The van der Waals surface area contributed by atoms with E-state index in [1.165, 1.54) is 6.42 Å². The summed E-state index contributed by atoms with van der Waals surface area (Å²) in [6.07, 6.45) is 5.70. The molecule has 0 radical (unpaired) electrons. The molecule has 2 saturated heterocycles. The van der Waals surface area contributed by atoms with Crippen molar-refractivity contribution >= 4 is 5.95 Å². The maximum absolute atomic E-state index is 5.98. The third-order valence-electron chi connectivity index (χ3n) is 3.72. The number of aromatic amines is 1. The number of hydrogen-bond donors (Lipinski definition) is 2. The minimum atomic E-state index is 0.0958. The number of ether oxygens (including phenoxy) is 1. The molecule has 0 saturated carbocycles. The van der Waals surface area contributed by atoms with Gasteiger partial charge in [0.15, 0.2) is 5.82 Å². The maximum Gasteiger partial charge on any atom is 0.244 e. The van der Waals surface area contributed by atoms with Crippen molar-refractivity contribution in [1.29, 1.82) is 0 Å². The van der Waals surface area contributed by atoms with Crippen LogP contribution >= 0.6 is 0 Å².